The lowest BCUT2D eigenvalue weighted by Crippen LogP contribution is -2.47. The van der Waals surface area contributed by atoms with Crippen LogP contribution in [-0.2, 0) is 9.59 Å². The molecule has 0 aromatic heterocycles. The molecule has 2 amide bonds. The lowest BCUT2D eigenvalue weighted by atomic mass is 9.88. The molecule has 1 saturated carbocycles. The van der Waals surface area contributed by atoms with Gasteiger partial charge < -0.3 is 10.6 Å². The molecule has 96 valence electrons. The Balaban J connectivity index is 1.85. The van der Waals surface area contributed by atoms with E-state index in [0.717, 1.165) is 51.5 Å². The van der Waals surface area contributed by atoms with E-state index in [4.69, 9.17) is 0 Å². The topological polar surface area (TPSA) is 58.2 Å². The molecule has 1 saturated heterocycles. The van der Waals surface area contributed by atoms with Gasteiger partial charge in [0.2, 0.25) is 11.8 Å². The smallest absolute Gasteiger partial charge is 0.242 e. The Morgan fingerprint density at radius 3 is 2.53 bits per heavy atom. The summed E-state index contributed by atoms with van der Waals surface area (Å²) in [7, 11) is 0. The van der Waals surface area contributed by atoms with Crippen molar-refractivity contribution in [1.82, 2.24) is 10.6 Å². The second-order valence-electron chi connectivity index (χ2n) is 5.18. The Bertz CT molecular complexity index is 285. The summed E-state index contributed by atoms with van der Waals surface area (Å²) in [6, 6.07) is -0.299. The molecule has 0 unspecified atom stereocenters. The minimum absolute atomic E-state index is 0.00772. The molecule has 2 N–H and O–H groups in total. The van der Waals surface area contributed by atoms with Crippen molar-refractivity contribution >= 4 is 11.8 Å². The molecule has 1 atom stereocenters. The third-order valence-electron chi connectivity index (χ3n) is 3.83. The van der Waals surface area contributed by atoms with E-state index in [1.807, 2.05) is 0 Å². The van der Waals surface area contributed by atoms with Crippen LogP contribution in [0.2, 0.25) is 0 Å². The SMILES string of the molecule is O=C(N[C@H]1CCCCNC1=O)C1CCCCC1. The van der Waals surface area contributed by atoms with E-state index >= 15 is 0 Å². The van der Waals surface area contributed by atoms with Crippen LogP contribution in [0.4, 0.5) is 0 Å². The monoisotopic (exact) mass is 238 g/mol. The zero-order valence-electron chi connectivity index (χ0n) is 10.3. The number of nitrogens with one attached hydrogen (secondary N) is 2. The summed E-state index contributed by atoms with van der Waals surface area (Å²) in [6.07, 6.45) is 8.32. The van der Waals surface area contributed by atoms with Crippen LogP contribution in [-0.4, -0.2) is 24.4 Å². The highest BCUT2D eigenvalue weighted by Crippen LogP contribution is 2.24. The van der Waals surface area contributed by atoms with Crippen molar-refractivity contribution < 1.29 is 9.59 Å². The highest BCUT2D eigenvalue weighted by Gasteiger charge is 2.27. The Morgan fingerprint density at radius 2 is 1.76 bits per heavy atom. The van der Waals surface area contributed by atoms with E-state index in [1.165, 1.54) is 6.42 Å². The van der Waals surface area contributed by atoms with Crippen molar-refractivity contribution in [2.45, 2.75) is 57.4 Å². The lowest BCUT2D eigenvalue weighted by Gasteiger charge is -2.23. The molecule has 2 aliphatic rings. The number of hydrogen-bond donors (Lipinski definition) is 2. The van der Waals surface area contributed by atoms with Crippen molar-refractivity contribution in [3.05, 3.63) is 0 Å². The van der Waals surface area contributed by atoms with Crippen LogP contribution < -0.4 is 10.6 Å². The molecule has 2 fully saturated rings. The lowest BCUT2D eigenvalue weighted by molar-refractivity contribution is -0.131. The van der Waals surface area contributed by atoms with Crippen LogP contribution >= 0.6 is 0 Å². The predicted molar refractivity (Wildman–Crippen MR) is 65.4 cm³/mol. The summed E-state index contributed by atoms with van der Waals surface area (Å²) in [5.41, 5.74) is 0. The Labute approximate surface area is 103 Å². The van der Waals surface area contributed by atoms with Crippen molar-refractivity contribution in [1.29, 1.82) is 0 Å². The van der Waals surface area contributed by atoms with Crippen LogP contribution in [0.3, 0.4) is 0 Å². The molecule has 4 heteroatoms. The molecule has 0 radical (unpaired) electrons. The molecule has 0 aromatic carbocycles. The maximum Gasteiger partial charge on any atom is 0.242 e. The van der Waals surface area contributed by atoms with Gasteiger partial charge in [-0.05, 0) is 32.1 Å². The number of rotatable bonds is 2. The summed E-state index contributed by atoms with van der Waals surface area (Å²) in [5.74, 6) is 0.221. The summed E-state index contributed by atoms with van der Waals surface area (Å²) in [4.78, 5) is 23.7. The number of carbonyl (C=O) groups excluding carboxylic acids is 2. The van der Waals surface area contributed by atoms with Gasteiger partial charge in [-0.1, -0.05) is 19.3 Å². The average Bonchev–Trinajstić information content (AvgIpc) is 2.56. The van der Waals surface area contributed by atoms with Gasteiger partial charge in [0, 0.05) is 12.5 Å². The van der Waals surface area contributed by atoms with Crippen molar-refractivity contribution in [3.8, 4) is 0 Å². The minimum atomic E-state index is -0.299. The van der Waals surface area contributed by atoms with Gasteiger partial charge in [-0.25, -0.2) is 0 Å². The van der Waals surface area contributed by atoms with Crippen molar-refractivity contribution in [2.24, 2.45) is 5.92 Å². The Kier molecular flexibility index (Phi) is 4.40. The molecule has 0 spiro atoms. The molecule has 1 heterocycles. The molecule has 4 nitrogen and oxygen atoms in total. The first kappa shape index (κ1) is 12.4. The summed E-state index contributed by atoms with van der Waals surface area (Å²) in [6.45, 7) is 0.745. The van der Waals surface area contributed by atoms with E-state index in [-0.39, 0.29) is 23.8 Å². The van der Waals surface area contributed by atoms with Gasteiger partial charge in [-0.2, -0.15) is 0 Å². The first-order chi connectivity index (χ1) is 8.27. The van der Waals surface area contributed by atoms with Crippen LogP contribution in [0.1, 0.15) is 51.4 Å². The minimum Gasteiger partial charge on any atom is -0.354 e. The zero-order valence-corrected chi connectivity index (χ0v) is 10.3. The highest BCUT2D eigenvalue weighted by atomic mass is 16.2. The van der Waals surface area contributed by atoms with Gasteiger partial charge in [0.1, 0.15) is 6.04 Å². The fourth-order valence-electron chi connectivity index (χ4n) is 2.73. The van der Waals surface area contributed by atoms with Gasteiger partial charge in [-0.3, -0.25) is 9.59 Å². The number of carbonyl (C=O) groups is 2. The second kappa shape index (κ2) is 6.03. The molecule has 1 aliphatic carbocycles. The summed E-state index contributed by atoms with van der Waals surface area (Å²) < 4.78 is 0. The second-order valence-corrected chi connectivity index (χ2v) is 5.18. The Morgan fingerprint density at radius 1 is 1.06 bits per heavy atom. The fraction of sp³-hybridized carbons (Fsp3) is 0.846. The van der Waals surface area contributed by atoms with Crippen LogP contribution in [0.25, 0.3) is 0 Å². The van der Waals surface area contributed by atoms with E-state index in [2.05, 4.69) is 10.6 Å². The van der Waals surface area contributed by atoms with E-state index in [9.17, 15) is 9.59 Å². The average molecular weight is 238 g/mol. The molecular formula is C13H22N2O2. The standard InChI is InChI=1S/C13H22N2O2/c16-12(10-6-2-1-3-7-10)15-11-8-4-5-9-14-13(11)17/h10-11H,1-9H2,(H,14,17)(H,15,16)/t11-/m0/s1. The van der Waals surface area contributed by atoms with Gasteiger partial charge in [0.05, 0.1) is 0 Å². The predicted octanol–water partition coefficient (Wildman–Crippen LogP) is 1.35. The molecular weight excluding hydrogens is 216 g/mol. The third kappa shape index (κ3) is 3.45. The van der Waals surface area contributed by atoms with Gasteiger partial charge >= 0.3 is 0 Å². The molecule has 0 aromatic rings. The molecule has 17 heavy (non-hydrogen) atoms. The Hall–Kier alpha value is -1.06. The maximum atomic E-state index is 12.0. The van der Waals surface area contributed by atoms with E-state index in [1.54, 1.807) is 0 Å². The van der Waals surface area contributed by atoms with Gasteiger partial charge in [-0.15, -0.1) is 0 Å². The first-order valence-electron chi connectivity index (χ1n) is 6.85. The molecule has 1 aliphatic heterocycles. The van der Waals surface area contributed by atoms with Crippen molar-refractivity contribution in [3.63, 3.8) is 0 Å². The maximum absolute atomic E-state index is 12.0. The summed E-state index contributed by atoms with van der Waals surface area (Å²) in [5, 5.41) is 5.78. The molecule has 2 rings (SSSR count). The van der Waals surface area contributed by atoms with E-state index < -0.39 is 0 Å². The van der Waals surface area contributed by atoms with Crippen LogP contribution in [0.5, 0.6) is 0 Å². The zero-order chi connectivity index (χ0) is 12.1. The molecule has 0 bridgehead atoms. The van der Waals surface area contributed by atoms with Gasteiger partial charge in [0.15, 0.2) is 0 Å². The van der Waals surface area contributed by atoms with Crippen molar-refractivity contribution in [2.75, 3.05) is 6.54 Å². The summed E-state index contributed by atoms with van der Waals surface area (Å²) >= 11 is 0. The first-order valence-corrected chi connectivity index (χ1v) is 6.85. The van der Waals surface area contributed by atoms with Gasteiger partial charge in [0.25, 0.3) is 0 Å². The van der Waals surface area contributed by atoms with E-state index in [0.29, 0.717) is 0 Å². The quantitative estimate of drug-likeness (QED) is 0.763. The van der Waals surface area contributed by atoms with Crippen LogP contribution in [0.15, 0.2) is 0 Å². The fourth-order valence-corrected chi connectivity index (χ4v) is 2.73. The third-order valence-corrected chi connectivity index (χ3v) is 3.83. The number of hydrogen-bond acceptors (Lipinski definition) is 2. The number of amides is 2. The van der Waals surface area contributed by atoms with Crippen LogP contribution in [0, 0.1) is 5.92 Å². The normalized spacial score (nSPS) is 27.1. The highest BCUT2D eigenvalue weighted by molar-refractivity contribution is 5.88. The largest absolute Gasteiger partial charge is 0.354 e.